The number of carbonyl (C=O) groups is 2. The number of amides is 2. The molecule has 0 saturated carbocycles. The minimum Gasteiger partial charge on any atom is -0.322 e. The summed E-state index contributed by atoms with van der Waals surface area (Å²) in [5.41, 5.74) is 2.95. The largest absolute Gasteiger partial charge is 0.322 e. The van der Waals surface area contributed by atoms with Gasteiger partial charge >= 0.3 is 0 Å². The number of fused-ring (bicyclic) bond motifs is 1. The number of carbonyl (C=O) groups excluding carboxylic acids is 2. The maximum atomic E-state index is 12.6. The molecule has 0 unspecified atom stereocenters. The van der Waals surface area contributed by atoms with Gasteiger partial charge in [-0.05, 0) is 58.2 Å². The third kappa shape index (κ3) is 3.61. The summed E-state index contributed by atoms with van der Waals surface area (Å²) in [6.45, 7) is 6.48. The lowest BCUT2D eigenvalue weighted by molar-refractivity contribution is -0.125. The van der Waals surface area contributed by atoms with Crippen LogP contribution in [-0.2, 0) is 11.2 Å². The van der Waals surface area contributed by atoms with E-state index in [0.717, 1.165) is 27.8 Å². The van der Waals surface area contributed by atoms with Gasteiger partial charge in [-0.1, -0.05) is 32.9 Å². The van der Waals surface area contributed by atoms with Crippen molar-refractivity contribution < 1.29 is 9.59 Å². The van der Waals surface area contributed by atoms with Crippen LogP contribution in [0.25, 0.3) is 0 Å². The molecule has 0 radical (unpaired) electrons. The summed E-state index contributed by atoms with van der Waals surface area (Å²) in [7, 11) is 0. The molecule has 25 heavy (non-hydrogen) atoms. The summed E-state index contributed by atoms with van der Waals surface area (Å²) in [5.74, 6) is -0.0377. The van der Waals surface area contributed by atoms with Gasteiger partial charge in [0.1, 0.15) is 0 Å². The fourth-order valence-corrected chi connectivity index (χ4v) is 3.40. The first-order valence-corrected chi connectivity index (χ1v) is 9.07. The Bertz CT molecular complexity index is 840. The van der Waals surface area contributed by atoms with E-state index in [1.54, 1.807) is 6.07 Å². The number of halogens is 1. The molecule has 2 aromatic rings. The Kier molecular flexibility index (Phi) is 4.69. The van der Waals surface area contributed by atoms with Crippen molar-refractivity contribution in [3.63, 3.8) is 0 Å². The Balaban J connectivity index is 1.80. The first-order valence-electron chi connectivity index (χ1n) is 8.28. The Morgan fingerprint density at radius 2 is 1.84 bits per heavy atom. The van der Waals surface area contributed by atoms with Crippen molar-refractivity contribution in [1.82, 2.24) is 0 Å². The lowest BCUT2D eigenvalue weighted by Gasteiger charge is -2.26. The van der Waals surface area contributed by atoms with Crippen molar-refractivity contribution in [2.24, 2.45) is 5.41 Å². The van der Waals surface area contributed by atoms with Crippen molar-refractivity contribution in [1.29, 1.82) is 0 Å². The van der Waals surface area contributed by atoms with Gasteiger partial charge in [0.05, 0.1) is 5.56 Å². The van der Waals surface area contributed by atoms with Gasteiger partial charge in [-0.25, -0.2) is 0 Å². The topological polar surface area (TPSA) is 49.4 Å². The number of hydrogen-bond donors (Lipinski definition) is 1. The minimum atomic E-state index is -0.409. The molecule has 0 aromatic heterocycles. The Hall–Kier alpha value is -2.14. The third-order valence-electron chi connectivity index (χ3n) is 4.24. The van der Waals surface area contributed by atoms with Crippen LogP contribution in [0.3, 0.4) is 0 Å². The van der Waals surface area contributed by atoms with Crippen molar-refractivity contribution in [3.05, 3.63) is 58.1 Å². The van der Waals surface area contributed by atoms with Crippen LogP contribution in [-0.4, -0.2) is 18.4 Å². The lowest BCUT2D eigenvalue weighted by Crippen LogP contribution is -2.38. The minimum absolute atomic E-state index is 0.122. The molecule has 1 aliphatic heterocycles. The molecule has 0 saturated heterocycles. The number of hydrogen-bond acceptors (Lipinski definition) is 2. The van der Waals surface area contributed by atoms with Crippen LogP contribution < -0.4 is 10.2 Å². The van der Waals surface area contributed by atoms with E-state index in [4.69, 9.17) is 0 Å². The highest BCUT2D eigenvalue weighted by Gasteiger charge is 2.32. The van der Waals surface area contributed by atoms with Gasteiger partial charge in [-0.3, -0.25) is 9.59 Å². The number of benzene rings is 2. The number of nitrogens with one attached hydrogen (secondary N) is 1. The van der Waals surface area contributed by atoms with Gasteiger partial charge in [0.2, 0.25) is 5.91 Å². The standard InChI is InChI=1S/C20H21BrN2O2/c1-20(2,3)19(25)23-11-10-13-12-14(8-9-17(13)23)22-18(24)15-6-4-5-7-16(15)21/h4-9,12H,10-11H2,1-3H3,(H,22,24). The summed E-state index contributed by atoms with van der Waals surface area (Å²) in [5, 5.41) is 2.93. The molecule has 0 atom stereocenters. The molecule has 2 amide bonds. The summed E-state index contributed by atoms with van der Waals surface area (Å²) in [6.07, 6.45) is 0.801. The third-order valence-corrected chi connectivity index (χ3v) is 4.93. The number of nitrogens with zero attached hydrogens (tertiary/aromatic N) is 1. The van der Waals surface area contributed by atoms with Gasteiger partial charge in [-0.15, -0.1) is 0 Å². The highest BCUT2D eigenvalue weighted by molar-refractivity contribution is 9.10. The molecule has 1 heterocycles. The second-order valence-electron chi connectivity index (χ2n) is 7.23. The van der Waals surface area contributed by atoms with E-state index in [9.17, 15) is 9.59 Å². The van der Waals surface area contributed by atoms with Gasteiger partial charge < -0.3 is 10.2 Å². The second kappa shape index (κ2) is 6.64. The van der Waals surface area contributed by atoms with Crippen LogP contribution in [0, 0.1) is 5.41 Å². The average molecular weight is 401 g/mol. The van der Waals surface area contributed by atoms with E-state index in [2.05, 4.69) is 21.2 Å². The number of anilines is 2. The second-order valence-corrected chi connectivity index (χ2v) is 8.09. The lowest BCUT2D eigenvalue weighted by atomic mass is 9.94. The molecule has 5 heteroatoms. The molecule has 0 fully saturated rings. The van der Waals surface area contributed by atoms with E-state index in [1.165, 1.54) is 0 Å². The first-order chi connectivity index (χ1) is 11.8. The van der Waals surface area contributed by atoms with Crippen molar-refractivity contribution >= 4 is 39.1 Å². The van der Waals surface area contributed by atoms with Crippen LogP contribution in [0.4, 0.5) is 11.4 Å². The van der Waals surface area contributed by atoms with Gasteiger partial charge in [0.25, 0.3) is 5.91 Å². The maximum Gasteiger partial charge on any atom is 0.256 e. The van der Waals surface area contributed by atoms with E-state index in [-0.39, 0.29) is 11.8 Å². The summed E-state index contributed by atoms with van der Waals surface area (Å²) in [6, 6.07) is 13.0. The molecule has 0 aliphatic carbocycles. The van der Waals surface area contributed by atoms with E-state index >= 15 is 0 Å². The molecule has 130 valence electrons. The van der Waals surface area contributed by atoms with E-state index < -0.39 is 5.41 Å². The predicted octanol–water partition coefficient (Wildman–Crippen LogP) is 4.64. The molecular weight excluding hydrogens is 380 g/mol. The maximum absolute atomic E-state index is 12.6. The van der Waals surface area contributed by atoms with Gasteiger partial charge in [0.15, 0.2) is 0 Å². The Labute approximate surface area is 156 Å². The Morgan fingerprint density at radius 1 is 1.12 bits per heavy atom. The zero-order valence-corrected chi connectivity index (χ0v) is 16.2. The van der Waals surface area contributed by atoms with Gasteiger partial charge in [-0.2, -0.15) is 0 Å². The summed E-state index contributed by atoms with van der Waals surface area (Å²) >= 11 is 3.40. The highest BCUT2D eigenvalue weighted by Crippen LogP contribution is 2.33. The van der Waals surface area contributed by atoms with Crippen LogP contribution in [0.5, 0.6) is 0 Å². The smallest absolute Gasteiger partial charge is 0.256 e. The summed E-state index contributed by atoms with van der Waals surface area (Å²) in [4.78, 5) is 26.8. The molecule has 1 aliphatic rings. The number of rotatable bonds is 2. The zero-order chi connectivity index (χ0) is 18.2. The van der Waals surface area contributed by atoms with Crippen LogP contribution in [0.2, 0.25) is 0 Å². The molecule has 2 aromatic carbocycles. The predicted molar refractivity (Wildman–Crippen MR) is 104 cm³/mol. The van der Waals surface area contributed by atoms with Crippen LogP contribution in [0.15, 0.2) is 46.9 Å². The average Bonchev–Trinajstić information content (AvgIpc) is 2.96. The van der Waals surface area contributed by atoms with Crippen molar-refractivity contribution in [2.45, 2.75) is 27.2 Å². The Morgan fingerprint density at radius 3 is 2.52 bits per heavy atom. The monoisotopic (exact) mass is 400 g/mol. The molecule has 0 spiro atoms. The van der Waals surface area contributed by atoms with E-state index in [1.807, 2.05) is 62.1 Å². The van der Waals surface area contributed by atoms with Crippen molar-refractivity contribution in [3.8, 4) is 0 Å². The SMILES string of the molecule is CC(C)(C)C(=O)N1CCc2cc(NC(=O)c3ccccc3Br)ccc21. The first kappa shape index (κ1) is 17.7. The van der Waals surface area contributed by atoms with Crippen molar-refractivity contribution in [2.75, 3.05) is 16.8 Å². The fourth-order valence-electron chi connectivity index (χ4n) is 2.94. The molecule has 0 bridgehead atoms. The van der Waals surface area contributed by atoms with E-state index in [0.29, 0.717) is 12.1 Å². The molecule has 4 nitrogen and oxygen atoms in total. The molecule has 3 rings (SSSR count). The van der Waals surface area contributed by atoms with Gasteiger partial charge in [0, 0.05) is 27.8 Å². The summed E-state index contributed by atoms with van der Waals surface area (Å²) < 4.78 is 0.760. The zero-order valence-electron chi connectivity index (χ0n) is 14.6. The molecule has 1 N–H and O–H groups in total. The van der Waals surface area contributed by atoms with Crippen LogP contribution >= 0.6 is 15.9 Å². The highest BCUT2D eigenvalue weighted by atomic mass is 79.9. The fraction of sp³-hybridized carbons (Fsp3) is 0.300. The molecular formula is C20H21BrN2O2. The quantitative estimate of drug-likeness (QED) is 0.797. The van der Waals surface area contributed by atoms with Crippen LogP contribution in [0.1, 0.15) is 36.7 Å². The normalized spacial score (nSPS) is 13.5.